The van der Waals surface area contributed by atoms with Gasteiger partial charge in [0.05, 0.1) is 5.02 Å². The molecule has 1 aromatic heterocycles. The summed E-state index contributed by atoms with van der Waals surface area (Å²) < 4.78 is 18.0. The maximum Gasteiger partial charge on any atom is 0.407 e. The zero-order valence-corrected chi connectivity index (χ0v) is 12.7. The van der Waals surface area contributed by atoms with E-state index in [9.17, 15) is 19.4 Å². The van der Waals surface area contributed by atoms with Gasteiger partial charge in [0, 0.05) is 24.4 Å². The molecule has 118 valence electrons. The summed E-state index contributed by atoms with van der Waals surface area (Å²) in [6.07, 6.45) is -2.55. The lowest BCUT2D eigenvalue weighted by Gasteiger charge is -2.22. The van der Waals surface area contributed by atoms with E-state index in [0.29, 0.717) is 0 Å². The molecule has 1 amide bonds. The van der Waals surface area contributed by atoms with Crippen molar-refractivity contribution in [3.63, 3.8) is 0 Å². The predicted molar refractivity (Wildman–Crippen MR) is 74.4 cm³/mol. The average molecular weight is 321 g/mol. The second-order valence-electron chi connectivity index (χ2n) is 5.42. The summed E-state index contributed by atoms with van der Waals surface area (Å²) in [6, 6.07) is 0.920. The molecular weight excluding hydrogens is 303 g/mol. The van der Waals surface area contributed by atoms with Gasteiger partial charge >= 0.3 is 6.09 Å². The quantitative estimate of drug-likeness (QED) is 0.736. The van der Waals surface area contributed by atoms with Gasteiger partial charge in [-0.25, -0.2) is 9.78 Å². The van der Waals surface area contributed by atoms with Crippen LogP contribution in [0.25, 0.3) is 0 Å². The molecule has 6 nitrogen and oxygen atoms in total. The Kier molecular flexibility index (Phi) is 5.88. The van der Waals surface area contributed by atoms with Crippen LogP contribution in [0.15, 0.2) is 12.3 Å². The van der Waals surface area contributed by atoms with Crippen LogP contribution in [0.5, 0.6) is 0 Å². The van der Waals surface area contributed by atoms with E-state index in [4.69, 9.17) is 16.3 Å². The number of hydrogen-bond donors (Lipinski definition) is 3. The number of carbonyl (C=O) groups is 1. The van der Waals surface area contributed by atoms with Gasteiger partial charge < -0.3 is 20.3 Å². The van der Waals surface area contributed by atoms with Crippen molar-refractivity contribution >= 4 is 17.7 Å². The first-order valence-electron chi connectivity index (χ1n) is 6.24. The number of aliphatic hydroxyl groups is 2. The third-order valence-corrected chi connectivity index (χ3v) is 2.70. The van der Waals surface area contributed by atoms with Crippen molar-refractivity contribution in [2.24, 2.45) is 0 Å². The molecule has 21 heavy (non-hydrogen) atoms. The van der Waals surface area contributed by atoms with Gasteiger partial charge in [0.1, 0.15) is 17.8 Å². The molecule has 0 saturated carbocycles. The van der Waals surface area contributed by atoms with Crippen LogP contribution >= 0.6 is 11.6 Å². The molecule has 1 aromatic rings. The van der Waals surface area contributed by atoms with Crippen molar-refractivity contribution in [2.45, 2.75) is 38.6 Å². The number of ether oxygens (including phenoxy) is 1. The van der Waals surface area contributed by atoms with Crippen LogP contribution in [0.3, 0.4) is 0 Å². The number of alkyl carbamates (subject to hydrolysis) is 1. The Labute approximate surface area is 126 Å². The second-order valence-corrected chi connectivity index (χ2v) is 5.83. The van der Waals surface area contributed by atoms with Crippen LogP contribution in [-0.2, 0) is 4.74 Å². The number of hydrogen-bond acceptors (Lipinski definition) is 5. The van der Waals surface area contributed by atoms with Gasteiger partial charge in [0.2, 0.25) is 5.95 Å². The number of nitrogens with zero attached hydrogens (tertiary/aromatic N) is 1. The van der Waals surface area contributed by atoms with Gasteiger partial charge in [0.25, 0.3) is 0 Å². The molecule has 0 aromatic carbocycles. The van der Waals surface area contributed by atoms with Crippen LogP contribution < -0.4 is 5.32 Å². The highest BCUT2D eigenvalue weighted by molar-refractivity contribution is 6.31. The predicted octanol–water partition coefficient (Wildman–Crippen LogP) is 1.79. The Morgan fingerprint density at radius 1 is 1.52 bits per heavy atom. The summed E-state index contributed by atoms with van der Waals surface area (Å²) in [4.78, 5) is 14.7. The van der Waals surface area contributed by atoms with Crippen LogP contribution in [0, 0.1) is 5.95 Å². The minimum Gasteiger partial charge on any atom is -0.444 e. The summed E-state index contributed by atoms with van der Waals surface area (Å²) in [7, 11) is 0. The lowest BCUT2D eigenvalue weighted by molar-refractivity contribution is 0.0128. The number of nitrogens with one attached hydrogen (secondary N) is 1. The second kappa shape index (κ2) is 7.02. The lowest BCUT2D eigenvalue weighted by Crippen LogP contribution is -2.38. The van der Waals surface area contributed by atoms with E-state index < -0.39 is 29.8 Å². The van der Waals surface area contributed by atoms with Gasteiger partial charge in [-0.05, 0) is 20.8 Å². The lowest BCUT2D eigenvalue weighted by atomic mass is 10.1. The molecule has 3 N–H and O–H groups in total. The standard InChI is InChI=1S/C13H18ClFN2O4/c1-13(2,3)21-12(20)17-6-9(18)11(19)7-4-10(15)16-5-8(7)14/h4-5,9,11,18-19H,6H2,1-3H3,(H,17,20). The number of carbonyl (C=O) groups excluding carboxylic acids is 1. The Morgan fingerprint density at radius 3 is 2.71 bits per heavy atom. The number of halogens is 2. The summed E-state index contributed by atoms with van der Waals surface area (Å²) >= 11 is 5.77. The van der Waals surface area contributed by atoms with Crippen molar-refractivity contribution in [1.82, 2.24) is 10.3 Å². The zero-order valence-electron chi connectivity index (χ0n) is 11.9. The molecule has 0 saturated heterocycles. The highest BCUT2D eigenvalue weighted by Gasteiger charge is 2.23. The Balaban J connectivity index is 2.61. The minimum absolute atomic E-state index is 0.0114. The summed E-state index contributed by atoms with van der Waals surface area (Å²) in [6.45, 7) is 4.79. The number of rotatable bonds is 4. The molecule has 0 spiro atoms. The van der Waals surface area contributed by atoms with E-state index in [-0.39, 0.29) is 17.1 Å². The first-order valence-corrected chi connectivity index (χ1v) is 6.62. The number of aromatic nitrogens is 1. The van der Waals surface area contributed by atoms with E-state index in [2.05, 4.69) is 10.3 Å². The Hall–Kier alpha value is -1.44. The van der Waals surface area contributed by atoms with Gasteiger partial charge in [-0.15, -0.1) is 0 Å². The maximum absolute atomic E-state index is 13.0. The van der Waals surface area contributed by atoms with Gasteiger partial charge in [-0.3, -0.25) is 0 Å². The topological polar surface area (TPSA) is 91.7 Å². The third-order valence-electron chi connectivity index (χ3n) is 2.39. The Bertz CT molecular complexity index is 507. The van der Waals surface area contributed by atoms with Crippen LogP contribution in [0.4, 0.5) is 9.18 Å². The number of amides is 1. The normalized spacial score (nSPS) is 14.4. The summed E-state index contributed by atoms with van der Waals surface area (Å²) in [5.41, 5.74) is -0.687. The first-order chi connectivity index (χ1) is 9.60. The fourth-order valence-electron chi connectivity index (χ4n) is 1.48. The van der Waals surface area contributed by atoms with Crippen molar-refractivity contribution < 1.29 is 24.1 Å². The van der Waals surface area contributed by atoms with E-state index in [1.165, 1.54) is 0 Å². The first kappa shape index (κ1) is 17.6. The monoisotopic (exact) mass is 320 g/mol. The van der Waals surface area contributed by atoms with Crippen LogP contribution in [0.2, 0.25) is 5.02 Å². The van der Waals surface area contributed by atoms with Crippen molar-refractivity contribution in [2.75, 3.05) is 6.54 Å². The van der Waals surface area contributed by atoms with Crippen LogP contribution in [-0.4, -0.2) is 39.5 Å². The molecule has 1 rings (SSSR count). The van der Waals surface area contributed by atoms with Crippen molar-refractivity contribution in [3.8, 4) is 0 Å². The Morgan fingerprint density at radius 2 is 2.14 bits per heavy atom. The SMILES string of the molecule is CC(C)(C)OC(=O)NCC(O)C(O)c1cc(F)ncc1Cl. The summed E-state index contributed by atoms with van der Waals surface area (Å²) in [5, 5.41) is 22.0. The smallest absolute Gasteiger partial charge is 0.407 e. The number of aliphatic hydroxyl groups excluding tert-OH is 2. The fraction of sp³-hybridized carbons (Fsp3) is 0.538. The molecular formula is C13H18ClFN2O4. The maximum atomic E-state index is 13.0. The fourth-order valence-corrected chi connectivity index (χ4v) is 1.69. The molecule has 0 aliphatic heterocycles. The molecule has 2 atom stereocenters. The minimum atomic E-state index is -1.47. The van der Waals surface area contributed by atoms with E-state index >= 15 is 0 Å². The molecule has 8 heteroatoms. The zero-order chi connectivity index (χ0) is 16.2. The highest BCUT2D eigenvalue weighted by atomic mass is 35.5. The molecule has 0 fully saturated rings. The van der Waals surface area contributed by atoms with E-state index in [0.717, 1.165) is 12.3 Å². The van der Waals surface area contributed by atoms with Gasteiger partial charge in [-0.2, -0.15) is 4.39 Å². The van der Waals surface area contributed by atoms with Gasteiger partial charge in [-0.1, -0.05) is 11.6 Å². The van der Waals surface area contributed by atoms with E-state index in [1.807, 2.05) is 0 Å². The van der Waals surface area contributed by atoms with Gasteiger partial charge in [0.15, 0.2) is 0 Å². The summed E-state index contributed by atoms with van der Waals surface area (Å²) in [5.74, 6) is -0.833. The van der Waals surface area contributed by atoms with Crippen molar-refractivity contribution in [1.29, 1.82) is 0 Å². The highest BCUT2D eigenvalue weighted by Crippen LogP contribution is 2.25. The average Bonchev–Trinajstić information content (AvgIpc) is 2.36. The molecule has 0 aliphatic carbocycles. The molecule has 0 aliphatic rings. The third kappa shape index (κ3) is 5.82. The molecule has 1 heterocycles. The molecule has 2 unspecified atom stereocenters. The van der Waals surface area contributed by atoms with E-state index in [1.54, 1.807) is 20.8 Å². The molecule has 0 bridgehead atoms. The van der Waals surface area contributed by atoms with Crippen molar-refractivity contribution in [3.05, 3.63) is 28.8 Å². The largest absolute Gasteiger partial charge is 0.444 e. The number of pyridine rings is 1. The molecule has 0 radical (unpaired) electrons. The van der Waals surface area contributed by atoms with Crippen LogP contribution in [0.1, 0.15) is 32.4 Å².